The van der Waals surface area contributed by atoms with Crippen molar-refractivity contribution < 1.29 is 14.3 Å². The maximum absolute atomic E-state index is 11.4. The molecule has 6 heteroatoms. The minimum absolute atomic E-state index is 0.0561. The van der Waals surface area contributed by atoms with Gasteiger partial charge in [-0.3, -0.25) is 4.79 Å². The van der Waals surface area contributed by atoms with Crippen LogP contribution in [0.1, 0.15) is 23.2 Å². The highest BCUT2D eigenvalue weighted by atomic mass is 35.5. The average Bonchev–Trinajstić information content (AvgIpc) is 2.46. The molecule has 0 unspecified atom stereocenters. The van der Waals surface area contributed by atoms with Crippen molar-refractivity contribution in [2.75, 3.05) is 25.1 Å². The number of amides is 1. The summed E-state index contributed by atoms with van der Waals surface area (Å²) in [6.07, 6.45) is 1.45. The van der Waals surface area contributed by atoms with Crippen LogP contribution in [0.25, 0.3) is 0 Å². The van der Waals surface area contributed by atoms with Gasteiger partial charge in [0.2, 0.25) is 5.91 Å². The van der Waals surface area contributed by atoms with Crippen LogP contribution in [0.5, 0.6) is 0 Å². The van der Waals surface area contributed by atoms with E-state index in [2.05, 4.69) is 9.64 Å². The SMILES string of the molecule is COC(=O)c1ccc(N2CCC(C(N)=O)CC2)c(Cl)c1. The molecular formula is C14H17ClN2O3. The Kier molecular flexibility index (Phi) is 4.49. The maximum Gasteiger partial charge on any atom is 0.337 e. The third-order valence-electron chi connectivity index (χ3n) is 3.61. The second-order valence-electron chi connectivity index (χ2n) is 4.82. The Morgan fingerprint density at radius 2 is 2.00 bits per heavy atom. The van der Waals surface area contributed by atoms with E-state index < -0.39 is 5.97 Å². The summed E-state index contributed by atoms with van der Waals surface area (Å²) in [7, 11) is 1.33. The number of nitrogens with two attached hydrogens (primary N) is 1. The summed E-state index contributed by atoms with van der Waals surface area (Å²) < 4.78 is 4.65. The highest BCUT2D eigenvalue weighted by Gasteiger charge is 2.24. The molecule has 2 rings (SSSR count). The fourth-order valence-electron chi connectivity index (χ4n) is 2.41. The van der Waals surface area contributed by atoms with Gasteiger partial charge in [-0.05, 0) is 31.0 Å². The number of anilines is 1. The summed E-state index contributed by atoms with van der Waals surface area (Å²) in [6, 6.07) is 5.09. The number of methoxy groups -OCH3 is 1. The molecule has 2 N–H and O–H groups in total. The van der Waals surface area contributed by atoms with Gasteiger partial charge in [-0.15, -0.1) is 0 Å². The van der Waals surface area contributed by atoms with Gasteiger partial charge in [0.05, 0.1) is 23.4 Å². The molecule has 0 spiro atoms. The predicted octanol–water partition coefficient (Wildman–Crippen LogP) is 1.83. The summed E-state index contributed by atoms with van der Waals surface area (Å²) in [5.74, 6) is -0.706. The molecule has 108 valence electrons. The second kappa shape index (κ2) is 6.13. The van der Waals surface area contributed by atoms with Crippen LogP contribution < -0.4 is 10.6 Å². The van der Waals surface area contributed by atoms with Crippen LogP contribution in [0.15, 0.2) is 18.2 Å². The van der Waals surface area contributed by atoms with Gasteiger partial charge >= 0.3 is 5.97 Å². The Hall–Kier alpha value is -1.75. The second-order valence-corrected chi connectivity index (χ2v) is 5.23. The fourth-order valence-corrected chi connectivity index (χ4v) is 2.71. The Labute approximate surface area is 122 Å². The maximum atomic E-state index is 11.4. The van der Waals surface area contributed by atoms with Crippen molar-refractivity contribution in [3.05, 3.63) is 28.8 Å². The number of rotatable bonds is 3. The van der Waals surface area contributed by atoms with Crippen LogP contribution in [0.3, 0.4) is 0 Å². The van der Waals surface area contributed by atoms with Gasteiger partial charge in [-0.1, -0.05) is 11.6 Å². The van der Waals surface area contributed by atoms with Gasteiger partial charge in [0.1, 0.15) is 0 Å². The van der Waals surface area contributed by atoms with Crippen molar-refractivity contribution in [3.8, 4) is 0 Å². The molecule has 20 heavy (non-hydrogen) atoms. The lowest BCUT2D eigenvalue weighted by molar-refractivity contribution is -0.122. The summed E-state index contributed by atoms with van der Waals surface area (Å²) in [5.41, 5.74) is 6.60. The zero-order chi connectivity index (χ0) is 14.7. The van der Waals surface area contributed by atoms with Gasteiger partial charge in [-0.2, -0.15) is 0 Å². The first-order valence-corrected chi connectivity index (χ1v) is 6.83. The monoisotopic (exact) mass is 296 g/mol. The van der Waals surface area contributed by atoms with E-state index in [0.717, 1.165) is 31.6 Å². The van der Waals surface area contributed by atoms with E-state index in [1.807, 2.05) is 0 Å². The summed E-state index contributed by atoms with van der Waals surface area (Å²) in [6.45, 7) is 1.45. The average molecular weight is 297 g/mol. The first kappa shape index (κ1) is 14.7. The lowest BCUT2D eigenvalue weighted by atomic mass is 9.96. The highest BCUT2D eigenvalue weighted by molar-refractivity contribution is 6.33. The van der Waals surface area contributed by atoms with Crippen LogP contribution in [0.4, 0.5) is 5.69 Å². The molecule has 0 radical (unpaired) electrons. The number of primary amides is 1. The third kappa shape index (κ3) is 3.04. The number of carbonyl (C=O) groups is 2. The molecule has 1 aromatic rings. The molecule has 0 saturated carbocycles. The lowest BCUT2D eigenvalue weighted by Gasteiger charge is -2.32. The van der Waals surface area contributed by atoms with Crippen molar-refractivity contribution in [2.45, 2.75) is 12.8 Å². The summed E-state index contributed by atoms with van der Waals surface area (Å²) in [5, 5.41) is 0.505. The van der Waals surface area contributed by atoms with Crippen molar-refractivity contribution in [2.24, 2.45) is 11.7 Å². The number of nitrogens with zero attached hydrogens (tertiary/aromatic N) is 1. The first-order chi connectivity index (χ1) is 9.52. The van der Waals surface area contributed by atoms with E-state index in [4.69, 9.17) is 17.3 Å². The minimum Gasteiger partial charge on any atom is -0.465 e. The fraction of sp³-hybridized carbons (Fsp3) is 0.429. The van der Waals surface area contributed by atoms with Gasteiger partial charge < -0.3 is 15.4 Å². The number of carbonyl (C=O) groups excluding carboxylic acids is 2. The quantitative estimate of drug-likeness (QED) is 0.864. The smallest absolute Gasteiger partial charge is 0.337 e. The van der Waals surface area contributed by atoms with E-state index in [1.165, 1.54) is 7.11 Å². The van der Waals surface area contributed by atoms with Crippen LogP contribution >= 0.6 is 11.6 Å². The Balaban J connectivity index is 2.11. The molecule has 0 bridgehead atoms. The molecule has 1 aliphatic heterocycles. The predicted molar refractivity (Wildman–Crippen MR) is 76.9 cm³/mol. The zero-order valence-electron chi connectivity index (χ0n) is 11.3. The van der Waals surface area contributed by atoms with Crippen LogP contribution in [-0.2, 0) is 9.53 Å². The van der Waals surface area contributed by atoms with Gasteiger partial charge in [0.15, 0.2) is 0 Å². The van der Waals surface area contributed by atoms with Crippen molar-refractivity contribution in [1.29, 1.82) is 0 Å². The van der Waals surface area contributed by atoms with Crippen molar-refractivity contribution in [3.63, 3.8) is 0 Å². The molecule has 1 aliphatic rings. The Morgan fingerprint density at radius 1 is 1.35 bits per heavy atom. The van der Waals surface area contributed by atoms with E-state index in [0.29, 0.717) is 10.6 Å². The molecule has 0 aliphatic carbocycles. The van der Waals surface area contributed by atoms with E-state index >= 15 is 0 Å². The largest absolute Gasteiger partial charge is 0.465 e. The minimum atomic E-state index is -0.411. The molecule has 1 amide bonds. The van der Waals surface area contributed by atoms with E-state index in [9.17, 15) is 9.59 Å². The first-order valence-electron chi connectivity index (χ1n) is 6.45. The van der Waals surface area contributed by atoms with Crippen molar-refractivity contribution in [1.82, 2.24) is 0 Å². The molecule has 1 aromatic carbocycles. The van der Waals surface area contributed by atoms with Crippen LogP contribution in [0.2, 0.25) is 5.02 Å². The topological polar surface area (TPSA) is 72.6 Å². The standard InChI is InChI=1S/C14H17ClN2O3/c1-20-14(19)10-2-3-12(11(15)8-10)17-6-4-9(5-7-17)13(16)18/h2-3,8-9H,4-7H2,1H3,(H2,16,18). The van der Waals surface area contributed by atoms with Gasteiger partial charge in [-0.25, -0.2) is 4.79 Å². The number of halogens is 1. The lowest BCUT2D eigenvalue weighted by Crippen LogP contribution is -2.38. The third-order valence-corrected chi connectivity index (χ3v) is 3.91. The molecule has 0 aromatic heterocycles. The Morgan fingerprint density at radius 3 is 2.50 bits per heavy atom. The van der Waals surface area contributed by atoms with E-state index in [1.54, 1.807) is 18.2 Å². The molecule has 1 fully saturated rings. The molecule has 1 heterocycles. The Bertz CT molecular complexity index is 525. The number of esters is 1. The summed E-state index contributed by atoms with van der Waals surface area (Å²) >= 11 is 6.22. The normalized spacial score (nSPS) is 16.0. The number of ether oxygens (including phenoxy) is 1. The zero-order valence-corrected chi connectivity index (χ0v) is 12.0. The molecule has 0 atom stereocenters. The van der Waals surface area contributed by atoms with Crippen molar-refractivity contribution >= 4 is 29.2 Å². The molecular weight excluding hydrogens is 280 g/mol. The number of hydrogen-bond donors (Lipinski definition) is 1. The molecule has 5 nitrogen and oxygen atoms in total. The summed E-state index contributed by atoms with van der Waals surface area (Å²) in [4.78, 5) is 24.7. The number of benzene rings is 1. The number of hydrogen-bond acceptors (Lipinski definition) is 4. The number of piperidine rings is 1. The highest BCUT2D eigenvalue weighted by Crippen LogP contribution is 2.30. The van der Waals surface area contributed by atoms with Gasteiger partial charge in [0, 0.05) is 19.0 Å². The molecule has 1 saturated heterocycles. The van der Waals surface area contributed by atoms with Gasteiger partial charge in [0.25, 0.3) is 0 Å². The van der Waals surface area contributed by atoms with Crippen LogP contribution in [0, 0.1) is 5.92 Å². The van der Waals surface area contributed by atoms with Crippen LogP contribution in [-0.4, -0.2) is 32.1 Å². The van der Waals surface area contributed by atoms with E-state index in [-0.39, 0.29) is 11.8 Å².